The lowest BCUT2D eigenvalue weighted by Crippen LogP contribution is -2.34. The molecule has 54 heavy (non-hydrogen) atoms. The first-order valence-corrected chi connectivity index (χ1v) is 20.1. The van der Waals surface area contributed by atoms with Crippen LogP contribution in [0.5, 0.6) is 0 Å². The van der Waals surface area contributed by atoms with Gasteiger partial charge in [0.1, 0.15) is 0 Å². The number of benzene rings is 6. The maximum atomic E-state index is 2.67. The summed E-state index contributed by atoms with van der Waals surface area (Å²) in [6, 6.07) is 38.1. The van der Waals surface area contributed by atoms with Gasteiger partial charge in [0.25, 0.3) is 0 Å². The van der Waals surface area contributed by atoms with E-state index in [1.54, 1.807) is 5.57 Å². The summed E-state index contributed by atoms with van der Waals surface area (Å²) in [6.45, 7) is 23.0. The molecule has 0 radical (unpaired) electrons. The van der Waals surface area contributed by atoms with E-state index < -0.39 is 0 Å². The third-order valence-corrected chi connectivity index (χ3v) is 12.3. The highest BCUT2D eigenvalue weighted by atomic mass is 15.2. The molecule has 0 saturated carbocycles. The summed E-state index contributed by atoms with van der Waals surface area (Å²) in [4.78, 5) is 5.33. The third-order valence-electron chi connectivity index (χ3n) is 12.3. The van der Waals surface area contributed by atoms with Crippen LogP contribution in [0, 0.1) is 33.6 Å². The quantitative estimate of drug-likeness (QED) is 0.155. The fourth-order valence-electron chi connectivity index (χ4n) is 9.28. The van der Waals surface area contributed by atoms with Crippen LogP contribution in [0.4, 0.5) is 22.7 Å². The Kier molecular flexibility index (Phi) is 9.29. The Bertz CT molecular complexity index is 2510. The number of aryl methyl sites for hydroxylation is 4. The molecule has 2 unspecified atom stereocenters. The van der Waals surface area contributed by atoms with E-state index in [9.17, 15) is 0 Å². The summed E-state index contributed by atoms with van der Waals surface area (Å²) in [7, 11) is 0. The maximum absolute atomic E-state index is 2.67. The van der Waals surface area contributed by atoms with Crippen molar-refractivity contribution in [3.63, 3.8) is 0 Å². The van der Waals surface area contributed by atoms with Crippen molar-refractivity contribution in [2.75, 3.05) is 9.80 Å². The Balaban J connectivity index is 1.47. The van der Waals surface area contributed by atoms with Gasteiger partial charge in [-0.3, -0.25) is 0 Å². The smallest absolute Gasteiger partial charge is 0.0635 e. The van der Waals surface area contributed by atoms with Crippen LogP contribution in [0.2, 0.25) is 0 Å². The van der Waals surface area contributed by atoms with E-state index in [2.05, 4.69) is 188 Å². The molecule has 0 aromatic heterocycles. The van der Waals surface area contributed by atoms with Gasteiger partial charge in [-0.15, -0.1) is 0 Å². The Morgan fingerprint density at radius 1 is 0.519 bits per heavy atom. The Labute approximate surface area is 323 Å². The zero-order chi connectivity index (χ0) is 38.0. The highest BCUT2D eigenvalue weighted by Gasteiger charge is 2.34. The minimum Gasteiger partial charge on any atom is -0.333 e. The zero-order valence-electron chi connectivity index (χ0n) is 34.0. The molecule has 0 amide bonds. The molecule has 0 spiro atoms. The molecular weight excluding hydrogens is 653 g/mol. The van der Waals surface area contributed by atoms with Gasteiger partial charge in [0.2, 0.25) is 0 Å². The zero-order valence-corrected chi connectivity index (χ0v) is 34.0. The molecule has 2 aliphatic carbocycles. The monoisotopic (exact) mass is 708 g/mol. The number of allylic oxidation sites excluding steroid dienone is 2. The van der Waals surface area contributed by atoms with Crippen molar-refractivity contribution in [1.29, 1.82) is 0 Å². The van der Waals surface area contributed by atoms with E-state index in [-0.39, 0.29) is 12.1 Å². The van der Waals surface area contributed by atoms with Gasteiger partial charge >= 0.3 is 0 Å². The van der Waals surface area contributed by atoms with Crippen LogP contribution in [-0.4, -0.2) is 6.04 Å². The fourth-order valence-corrected chi connectivity index (χ4v) is 9.28. The van der Waals surface area contributed by atoms with Gasteiger partial charge in [-0.25, -0.2) is 0 Å². The van der Waals surface area contributed by atoms with Gasteiger partial charge in [0, 0.05) is 28.1 Å². The van der Waals surface area contributed by atoms with E-state index in [1.165, 1.54) is 94.0 Å². The van der Waals surface area contributed by atoms with Crippen molar-refractivity contribution in [1.82, 2.24) is 0 Å². The molecule has 2 nitrogen and oxygen atoms in total. The molecule has 274 valence electrons. The van der Waals surface area contributed by atoms with Crippen LogP contribution in [0.1, 0.15) is 99.7 Å². The second kappa shape index (κ2) is 14.0. The molecule has 0 bridgehead atoms. The molecule has 0 fully saturated rings. The first kappa shape index (κ1) is 35.9. The van der Waals surface area contributed by atoms with Crippen LogP contribution < -0.4 is 15.0 Å². The summed E-state index contributed by atoms with van der Waals surface area (Å²) in [5.74, 6) is 0.777. The molecule has 6 aromatic rings. The van der Waals surface area contributed by atoms with Crippen molar-refractivity contribution < 1.29 is 0 Å². The lowest BCUT2D eigenvalue weighted by atomic mass is 9.78. The van der Waals surface area contributed by atoms with Crippen molar-refractivity contribution in [2.24, 2.45) is 5.92 Å². The number of hydrogen-bond donors (Lipinski definition) is 0. The van der Waals surface area contributed by atoms with E-state index >= 15 is 0 Å². The highest BCUT2D eigenvalue weighted by molar-refractivity contribution is 6.18. The molecule has 8 rings (SSSR count). The van der Waals surface area contributed by atoms with Crippen LogP contribution in [-0.2, 0) is 0 Å². The van der Waals surface area contributed by atoms with Crippen LogP contribution in [0.15, 0.2) is 120 Å². The molecule has 2 aliphatic rings. The molecule has 6 aromatic carbocycles. The number of nitrogens with zero attached hydrogens (tertiary/aromatic N) is 2. The predicted molar refractivity (Wildman–Crippen MR) is 235 cm³/mol. The van der Waals surface area contributed by atoms with E-state index in [1.807, 2.05) is 0 Å². The summed E-state index contributed by atoms with van der Waals surface area (Å²) in [6.07, 6.45) is 6.63. The lowest BCUT2D eigenvalue weighted by molar-refractivity contribution is 0.671. The van der Waals surface area contributed by atoms with Crippen molar-refractivity contribution in [3.05, 3.63) is 159 Å². The Hall–Kier alpha value is -5.08. The van der Waals surface area contributed by atoms with Gasteiger partial charge in [-0.2, -0.15) is 0 Å². The largest absolute Gasteiger partial charge is 0.333 e. The average molecular weight is 709 g/mol. The van der Waals surface area contributed by atoms with Gasteiger partial charge in [0.05, 0.1) is 12.1 Å². The van der Waals surface area contributed by atoms with Gasteiger partial charge in [-0.1, -0.05) is 128 Å². The summed E-state index contributed by atoms with van der Waals surface area (Å²) in [5.41, 5.74) is 17.5. The predicted octanol–water partition coefficient (Wildman–Crippen LogP) is 14.0. The fraction of sp³-hybridized carbons (Fsp3) is 0.308. The second-order valence-electron chi connectivity index (χ2n) is 17.0. The lowest BCUT2D eigenvalue weighted by Gasteiger charge is -2.40. The number of hydrogen-bond acceptors (Lipinski definition) is 2. The standard InChI is InChI=1S/C52H56N2/c1-31(2)45-29-49(53(39-19-13-33(5)14-20-39)47-27-35(7)11-17-37(47)9)43-26-24-42-46(32(3)4)30-50(44-25-23-41(45)51(43)52(42)44)54(40-21-15-34(6)16-22-40)48-28-36(8)12-18-38(48)10/h11-27,30-32,48-49H,28-29H2,1-10H3. The summed E-state index contributed by atoms with van der Waals surface area (Å²) in [5, 5.41) is 7.01. The van der Waals surface area contributed by atoms with Gasteiger partial charge in [-0.05, 0) is 146 Å². The van der Waals surface area contributed by atoms with E-state index in [4.69, 9.17) is 0 Å². The number of anilines is 4. The van der Waals surface area contributed by atoms with Crippen LogP contribution >= 0.6 is 0 Å². The topological polar surface area (TPSA) is 6.48 Å². The first-order chi connectivity index (χ1) is 25.9. The highest BCUT2D eigenvalue weighted by Crippen LogP contribution is 2.49. The van der Waals surface area contributed by atoms with Crippen molar-refractivity contribution in [2.45, 2.75) is 100 Å². The molecular formula is C52H56N2. The van der Waals surface area contributed by atoms with E-state index in [0.717, 1.165) is 12.8 Å². The van der Waals surface area contributed by atoms with Crippen molar-refractivity contribution >= 4 is 49.9 Å². The van der Waals surface area contributed by atoms with E-state index in [0.29, 0.717) is 11.8 Å². The Morgan fingerprint density at radius 2 is 1.13 bits per heavy atom. The molecule has 0 N–H and O–H groups in total. The molecule has 0 heterocycles. The number of rotatable bonds is 8. The molecule has 2 atom stereocenters. The van der Waals surface area contributed by atoms with Gasteiger partial charge < -0.3 is 9.80 Å². The maximum Gasteiger partial charge on any atom is 0.0635 e. The molecule has 0 saturated heterocycles. The second-order valence-corrected chi connectivity index (χ2v) is 17.0. The minimum atomic E-state index is 0.142. The molecule has 2 heteroatoms. The molecule has 0 aliphatic heterocycles. The average Bonchev–Trinajstić information content (AvgIpc) is 3.15. The van der Waals surface area contributed by atoms with Gasteiger partial charge in [0.15, 0.2) is 0 Å². The summed E-state index contributed by atoms with van der Waals surface area (Å²) >= 11 is 0. The first-order valence-electron chi connectivity index (χ1n) is 20.1. The van der Waals surface area contributed by atoms with Crippen LogP contribution in [0.3, 0.4) is 0 Å². The normalized spacial score (nSPS) is 17.1. The summed E-state index contributed by atoms with van der Waals surface area (Å²) < 4.78 is 0. The third kappa shape index (κ3) is 6.14. The SMILES string of the molecule is CC1=CC=C(C)C(N(c2ccc(C)cc2)c2cc(C(C)C)c3ccc4c5c(ccc2c35)=C(C(C)C)CC4N(c2ccc(C)cc2)c2cc(C)ccc2C)C1. The Morgan fingerprint density at radius 3 is 1.76 bits per heavy atom. The van der Waals surface area contributed by atoms with Crippen LogP contribution in [0.25, 0.3) is 27.1 Å². The minimum absolute atomic E-state index is 0.142. The van der Waals surface area contributed by atoms with Crippen molar-refractivity contribution in [3.8, 4) is 0 Å².